The lowest BCUT2D eigenvalue weighted by Gasteiger charge is -2.48. The van der Waals surface area contributed by atoms with Gasteiger partial charge in [-0.05, 0) is 25.0 Å². The third-order valence-corrected chi connectivity index (χ3v) is 11.4. The Balaban J connectivity index is 1.50. The molecule has 1 aromatic rings. The van der Waals surface area contributed by atoms with E-state index in [1.165, 1.54) is 0 Å². The van der Waals surface area contributed by atoms with Gasteiger partial charge in [0.1, 0.15) is 54.5 Å². The van der Waals surface area contributed by atoms with Crippen LogP contribution < -0.4 is 15.4 Å². The number of aliphatic hydroxyl groups is 5. The Morgan fingerprint density at radius 3 is 1.76 bits per heavy atom. The van der Waals surface area contributed by atoms with Crippen LogP contribution in [0.2, 0.25) is 0 Å². The molecule has 0 aliphatic carbocycles. The molecule has 316 valence electrons. The van der Waals surface area contributed by atoms with Crippen molar-refractivity contribution in [1.29, 1.82) is 0 Å². The van der Waals surface area contributed by atoms with E-state index >= 15 is 0 Å². The first-order valence-electron chi connectivity index (χ1n) is 18.2. The molecule has 1 aromatic carbocycles. The predicted molar refractivity (Wildman–Crippen MR) is 191 cm³/mol. The van der Waals surface area contributed by atoms with Gasteiger partial charge in [0, 0.05) is 13.8 Å². The van der Waals surface area contributed by atoms with E-state index in [1.54, 1.807) is 0 Å². The summed E-state index contributed by atoms with van der Waals surface area (Å²) in [6, 6.07) is 6.37. The molecular weight excluding hydrogens is 774 g/mol. The fourth-order valence-corrected chi connectivity index (χ4v) is 8.27. The van der Waals surface area contributed by atoms with Crippen LogP contribution in [0.5, 0.6) is 5.75 Å². The van der Waals surface area contributed by atoms with Crippen molar-refractivity contribution in [2.24, 2.45) is 0 Å². The first-order valence-corrected chi connectivity index (χ1v) is 21.2. The molecule has 2 saturated heterocycles. The number of carbonyl (C=O) groups is 2. The van der Waals surface area contributed by atoms with Gasteiger partial charge in [-0.2, -0.15) is 4.31 Å². The Morgan fingerprint density at radius 1 is 0.691 bits per heavy atom. The maximum absolute atomic E-state index is 13.0. The van der Waals surface area contributed by atoms with E-state index in [0.29, 0.717) is 19.4 Å². The Bertz CT molecular complexity index is 1400. The van der Waals surface area contributed by atoms with Crippen molar-refractivity contribution in [2.45, 2.75) is 133 Å². The minimum atomic E-state index is -5.59. The second kappa shape index (κ2) is 23.3. The van der Waals surface area contributed by atoms with E-state index in [4.69, 9.17) is 28.0 Å². The summed E-state index contributed by atoms with van der Waals surface area (Å²) in [5.41, 5.74) is 0. The van der Waals surface area contributed by atoms with E-state index in [1.807, 2.05) is 30.3 Å². The highest BCUT2D eigenvalue weighted by Gasteiger charge is 2.54. The maximum Gasteiger partial charge on any atom is 0.483 e. The smallest absolute Gasteiger partial charge is 0.483 e. The molecule has 55 heavy (non-hydrogen) atoms. The van der Waals surface area contributed by atoms with Gasteiger partial charge in [-0.1, -0.05) is 63.1 Å². The summed E-state index contributed by atoms with van der Waals surface area (Å²) < 4.78 is 62.4. The Hall–Kier alpha value is -2.10. The summed E-state index contributed by atoms with van der Waals surface area (Å²) in [6.07, 6.45) is -6.06. The highest BCUT2D eigenvalue weighted by atomic mass is 31.3. The Labute approximate surface area is 319 Å². The fraction of sp³-hybridized carbons (Fsp3) is 0.758. The molecule has 2 heterocycles. The lowest BCUT2D eigenvalue weighted by atomic mass is 9.94. The minimum Gasteiger partial charge on any atom is -0.494 e. The number of benzene rings is 1. The van der Waals surface area contributed by atoms with Gasteiger partial charge in [-0.3, -0.25) is 18.6 Å². The van der Waals surface area contributed by atoms with Crippen molar-refractivity contribution in [2.75, 3.05) is 26.4 Å². The summed E-state index contributed by atoms with van der Waals surface area (Å²) in [5, 5.41) is 56.2. The number of phosphoric ester groups is 2. The van der Waals surface area contributed by atoms with Crippen molar-refractivity contribution < 1.29 is 86.3 Å². The zero-order valence-electron chi connectivity index (χ0n) is 30.9. The number of hydrogen-bond donors (Lipinski definition) is 9. The number of aliphatic hydroxyl groups excluding tert-OH is 5. The van der Waals surface area contributed by atoms with E-state index in [9.17, 15) is 54.0 Å². The van der Waals surface area contributed by atoms with E-state index in [-0.39, 0.29) is 6.61 Å². The summed E-state index contributed by atoms with van der Waals surface area (Å²) in [4.78, 5) is 44.8. The van der Waals surface area contributed by atoms with E-state index in [2.05, 4.69) is 14.9 Å². The molecule has 2 amide bonds. The van der Waals surface area contributed by atoms with Crippen LogP contribution in [0.4, 0.5) is 0 Å². The second-order valence-electron chi connectivity index (χ2n) is 13.3. The highest BCUT2D eigenvalue weighted by molar-refractivity contribution is 7.61. The van der Waals surface area contributed by atoms with Gasteiger partial charge in [0.15, 0.2) is 12.6 Å². The molecule has 22 heteroatoms. The monoisotopic (exact) mass is 830 g/mol. The van der Waals surface area contributed by atoms with Crippen LogP contribution in [0.15, 0.2) is 30.3 Å². The highest BCUT2D eigenvalue weighted by Crippen LogP contribution is 2.61. The van der Waals surface area contributed by atoms with Crippen molar-refractivity contribution in [3.63, 3.8) is 0 Å². The third kappa shape index (κ3) is 16.0. The van der Waals surface area contributed by atoms with Crippen LogP contribution in [0.3, 0.4) is 0 Å². The molecule has 0 saturated carbocycles. The average Bonchev–Trinajstić information content (AvgIpc) is 3.11. The molecule has 2 aliphatic heterocycles. The third-order valence-electron chi connectivity index (χ3n) is 8.76. The standard InChI is InChI=1S/C33H56N2O18P2/c1-21(38)34-26-30(42)28(40)24(19-36)49-32(26)51-31-27(35-22(2)39)33(50-25(20-37)29(31)41)52-55(45,46)53-54(43,44)48-18-14-9-7-5-3-4-6-8-13-17-47-23-15-11-10-12-16-23/h10-12,15-16,24-33,36-37,40-42H,3-9,13-14,17-20H2,1-2H3,(H,34,38)(H,35,39)(H,43,44)(H,45,46)/t24-,25-,26-,27-,28+,29+,30-,31-,32-,33-/m1/s1. The van der Waals surface area contributed by atoms with Crippen molar-refractivity contribution in [1.82, 2.24) is 10.6 Å². The lowest BCUT2D eigenvalue weighted by Crippen LogP contribution is -2.69. The first kappa shape index (κ1) is 47.3. The number of amides is 2. The first-order chi connectivity index (χ1) is 26.1. The molecule has 2 fully saturated rings. The molecule has 0 bridgehead atoms. The van der Waals surface area contributed by atoms with E-state index in [0.717, 1.165) is 64.5 Å². The zero-order chi connectivity index (χ0) is 40.6. The SMILES string of the molecule is CC(=O)N[C@H]1[C@@H](O[C@H]2[C@@H](O)[C@@H](CO)O[C@H](OP(=O)(O)OP(=O)(O)OCCCCCCCCCCCOc3ccccc3)[C@@H]2NC(C)=O)O[C@H](CO)[C@H](O)[C@@H]1O. The van der Waals surface area contributed by atoms with E-state index < -0.39 is 102 Å². The molecule has 3 rings (SSSR count). The second-order valence-corrected chi connectivity index (χ2v) is 16.3. The van der Waals surface area contributed by atoms with Gasteiger partial charge in [0.05, 0.1) is 26.4 Å². The zero-order valence-corrected chi connectivity index (χ0v) is 32.7. The molecular formula is C33H56N2O18P2. The molecule has 20 nitrogen and oxygen atoms in total. The Morgan fingerprint density at radius 2 is 1.20 bits per heavy atom. The number of nitrogens with one attached hydrogen (secondary N) is 2. The summed E-state index contributed by atoms with van der Waals surface area (Å²) in [7, 11) is -10.8. The number of ether oxygens (including phenoxy) is 4. The van der Waals surface area contributed by atoms with Crippen LogP contribution >= 0.6 is 15.6 Å². The van der Waals surface area contributed by atoms with Crippen LogP contribution in [-0.2, 0) is 46.3 Å². The van der Waals surface area contributed by atoms with Gasteiger partial charge in [-0.25, -0.2) is 9.13 Å². The van der Waals surface area contributed by atoms with Gasteiger partial charge < -0.3 is 64.9 Å². The number of rotatable bonds is 24. The normalized spacial score (nSPS) is 30.5. The molecule has 9 N–H and O–H groups in total. The van der Waals surface area contributed by atoms with Crippen LogP contribution in [0, 0.1) is 0 Å². The topological polar surface area (TPSA) is 299 Å². The minimum absolute atomic E-state index is 0.287. The molecule has 12 atom stereocenters. The number of phosphoric acid groups is 2. The molecule has 0 spiro atoms. The molecule has 0 aromatic heterocycles. The summed E-state index contributed by atoms with van der Waals surface area (Å²) in [6.45, 7) is 0.724. The largest absolute Gasteiger partial charge is 0.494 e. The van der Waals surface area contributed by atoms with Crippen LogP contribution in [0.25, 0.3) is 0 Å². The molecule has 2 aliphatic rings. The number of hydrogen-bond acceptors (Lipinski definition) is 16. The van der Waals surface area contributed by atoms with Crippen molar-refractivity contribution in [3.8, 4) is 5.75 Å². The average molecular weight is 831 g/mol. The quantitative estimate of drug-likeness (QED) is 0.0513. The molecule has 2 unspecified atom stereocenters. The summed E-state index contributed by atoms with van der Waals surface area (Å²) in [5.74, 6) is -0.657. The predicted octanol–water partition coefficient (Wildman–Crippen LogP) is 0.739. The molecule has 0 radical (unpaired) electrons. The summed E-state index contributed by atoms with van der Waals surface area (Å²) >= 11 is 0. The number of para-hydroxylation sites is 1. The number of carbonyl (C=O) groups excluding carboxylic acids is 2. The maximum atomic E-state index is 13.0. The van der Waals surface area contributed by atoms with Crippen LogP contribution in [-0.4, -0.2) is 135 Å². The van der Waals surface area contributed by atoms with Gasteiger partial charge >= 0.3 is 15.6 Å². The van der Waals surface area contributed by atoms with Crippen molar-refractivity contribution >= 4 is 27.5 Å². The Kier molecular flexibility index (Phi) is 20.1. The lowest BCUT2D eigenvalue weighted by molar-refractivity contribution is -0.321. The van der Waals surface area contributed by atoms with Gasteiger partial charge in [-0.15, -0.1) is 0 Å². The van der Waals surface area contributed by atoms with Gasteiger partial charge in [0.2, 0.25) is 11.8 Å². The van der Waals surface area contributed by atoms with Crippen LogP contribution in [0.1, 0.15) is 71.6 Å². The number of unbranched alkanes of at least 4 members (excludes halogenated alkanes) is 8. The van der Waals surface area contributed by atoms with Gasteiger partial charge in [0.25, 0.3) is 0 Å². The van der Waals surface area contributed by atoms with Crippen molar-refractivity contribution in [3.05, 3.63) is 30.3 Å². The fourth-order valence-electron chi connectivity index (χ4n) is 6.08.